The molecule has 3 rings (SSSR count). The van der Waals surface area contributed by atoms with Crippen LogP contribution in [0.2, 0.25) is 0 Å². The normalized spacial score (nSPS) is 12.5. The number of nitrogens with one attached hydrogen (secondary N) is 2. The molecular formula is C21H24N2O2S. The minimum atomic E-state index is -0.0905. The fourth-order valence-corrected chi connectivity index (χ4v) is 3.84. The lowest BCUT2D eigenvalue weighted by Crippen LogP contribution is -2.18. The standard InChI is InChI=1S/C21H24N2O2S/c1-14-6-9-19(15(2)10-14)23-21(25)13-26-12-20(24)22-18-8-7-16-4-3-5-17(16)11-18/h6-11H,3-5,12-13H2,1-2H3,(H,22,24)(H,23,25). The summed E-state index contributed by atoms with van der Waals surface area (Å²) in [6.45, 7) is 3.99. The third-order valence-corrected chi connectivity index (χ3v) is 5.44. The van der Waals surface area contributed by atoms with Gasteiger partial charge in [-0.25, -0.2) is 0 Å². The Morgan fingerprint density at radius 3 is 2.42 bits per heavy atom. The lowest BCUT2D eigenvalue weighted by Gasteiger charge is -2.09. The van der Waals surface area contributed by atoms with E-state index in [1.807, 2.05) is 38.1 Å². The first-order chi connectivity index (χ1) is 12.5. The highest BCUT2D eigenvalue weighted by atomic mass is 32.2. The zero-order chi connectivity index (χ0) is 18.5. The summed E-state index contributed by atoms with van der Waals surface area (Å²) in [7, 11) is 0. The van der Waals surface area contributed by atoms with E-state index in [-0.39, 0.29) is 23.3 Å². The quantitative estimate of drug-likeness (QED) is 0.807. The summed E-state index contributed by atoms with van der Waals surface area (Å²) in [5.74, 6) is 0.349. The molecule has 0 atom stereocenters. The largest absolute Gasteiger partial charge is 0.325 e. The Balaban J connectivity index is 1.42. The van der Waals surface area contributed by atoms with Gasteiger partial charge >= 0.3 is 0 Å². The second-order valence-corrected chi connectivity index (χ2v) is 7.73. The van der Waals surface area contributed by atoms with Crippen LogP contribution in [-0.4, -0.2) is 23.3 Å². The van der Waals surface area contributed by atoms with E-state index in [2.05, 4.69) is 22.8 Å². The van der Waals surface area contributed by atoms with Crippen LogP contribution < -0.4 is 10.6 Å². The average Bonchev–Trinajstić information content (AvgIpc) is 3.05. The molecule has 0 saturated carbocycles. The van der Waals surface area contributed by atoms with Crippen LogP contribution in [0.4, 0.5) is 11.4 Å². The molecule has 1 aliphatic rings. The molecular weight excluding hydrogens is 344 g/mol. The monoisotopic (exact) mass is 368 g/mol. The Kier molecular flexibility index (Phi) is 5.99. The first-order valence-corrected chi connectivity index (χ1v) is 10.0. The average molecular weight is 369 g/mol. The van der Waals surface area contributed by atoms with Crippen LogP contribution in [0.15, 0.2) is 36.4 Å². The number of benzene rings is 2. The van der Waals surface area contributed by atoms with Crippen molar-refractivity contribution < 1.29 is 9.59 Å². The van der Waals surface area contributed by atoms with E-state index in [1.54, 1.807) is 0 Å². The van der Waals surface area contributed by atoms with Crippen LogP contribution >= 0.6 is 11.8 Å². The van der Waals surface area contributed by atoms with Gasteiger partial charge in [-0.1, -0.05) is 23.8 Å². The van der Waals surface area contributed by atoms with Gasteiger partial charge in [0.25, 0.3) is 0 Å². The number of hydrogen-bond acceptors (Lipinski definition) is 3. The van der Waals surface area contributed by atoms with Crippen molar-refractivity contribution >= 4 is 35.0 Å². The van der Waals surface area contributed by atoms with Gasteiger partial charge < -0.3 is 10.6 Å². The smallest absolute Gasteiger partial charge is 0.234 e. The number of fused-ring (bicyclic) bond motifs is 1. The lowest BCUT2D eigenvalue weighted by molar-refractivity contribution is -0.114. The van der Waals surface area contributed by atoms with Gasteiger partial charge in [-0.2, -0.15) is 0 Å². The van der Waals surface area contributed by atoms with Gasteiger partial charge in [0, 0.05) is 11.4 Å². The van der Waals surface area contributed by atoms with E-state index in [0.29, 0.717) is 0 Å². The summed E-state index contributed by atoms with van der Waals surface area (Å²) in [6.07, 6.45) is 3.42. The molecule has 2 N–H and O–H groups in total. The number of carbonyl (C=O) groups is 2. The van der Waals surface area contributed by atoms with E-state index >= 15 is 0 Å². The van der Waals surface area contributed by atoms with Crippen molar-refractivity contribution in [3.8, 4) is 0 Å². The molecule has 0 bridgehead atoms. The third-order valence-electron chi connectivity index (χ3n) is 4.50. The fraction of sp³-hybridized carbons (Fsp3) is 0.333. The summed E-state index contributed by atoms with van der Waals surface area (Å²) < 4.78 is 0. The Hall–Kier alpha value is -2.27. The van der Waals surface area contributed by atoms with Crippen LogP contribution in [0.3, 0.4) is 0 Å². The number of carbonyl (C=O) groups excluding carboxylic acids is 2. The second kappa shape index (κ2) is 8.41. The molecule has 0 heterocycles. The summed E-state index contributed by atoms with van der Waals surface area (Å²) in [5.41, 5.74) is 6.60. The van der Waals surface area contributed by atoms with E-state index in [1.165, 1.54) is 29.3 Å². The van der Waals surface area contributed by atoms with E-state index in [4.69, 9.17) is 0 Å². The van der Waals surface area contributed by atoms with Gasteiger partial charge in [-0.05, 0) is 68.0 Å². The molecule has 2 amide bonds. The van der Waals surface area contributed by atoms with Gasteiger partial charge in [0.15, 0.2) is 0 Å². The number of thioether (sulfide) groups is 1. The third kappa shape index (κ3) is 4.88. The maximum atomic E-state index is 12.1. The van der Waals surface area contributed by atoms with Crippen molar-refractivity contribution in [1.29, 1.82) is 0 Å². The molecule has 0 aliphatic heterocycles. The SMILES string of the molecule is Cc1ccc(NC(=O)CSCC(=O)Nc2ccc3c(c2)CCC3)c(C)c1. The predicted octanol–water partition coefficient (Wildman–Crippen LogP) is 4.10. The molecule has 2 aromatic rings. The number of anilines is 2. The van der Waals surface area contributed by atoms with Crippen LogP contribution in [0.1, 0.15) is 28.7 Å². The van der Waals surface area contributed by atoms with Crippen LogP contribution in [0.25, 0.3) is 0 Å². The topological polar surface area (TPSA) is 58.2 Å². The molecule has 0 saturated heterocycles. The highest BCUT2D eigenvalue weighted by Crippen LogP contribution is 2.25. The Morgan fingerprint density at radius 1 is 0.923 bits per heavy atom. The van der Waals surface area contributed by atoms with Crippen LogP contribution in [0.5, 0.6) is 0 Å². The van der Waals surface area contributed by atoms with Crippen LogP contribution in [-0.2, 0) is 22.4 Å². The highest BCUT2D eigenvalue weighted by molar-refractivity contribution is 8.00. The molecule has 4 nitrogen and oxygen atoms in total. The van der Waals surface area contributed by atoms with Gasteiger partial charge in [0.2, 0.25) is 11.8 Å². The van der Waals surface area contributed by atoms with Crippen LogP contribution in [0, 0.1) is 13.8 Å². The summed E-state index contributed by atoms with van der Waals surface area (Å²) in [4.78, 5) is 24.1. The van der Waals surface area contributed by atoms with Crippen molar-refractivity contribution in [2.75, 3.05) is 22.1 Å². The van der Waals surface area contributed by atoms with Crippen molar-refractivity contribution in [1.82, 2.24) is 0 Å². The van der Waals surface area contributed by atoms with Gasteiger partial charge in [-0.3, -0.25) is 9.59 Å². The molecule has 0 aromatic heterocycles. The molecule has 26 heavy (non-hydrogen) atoms. The van der Waals surface area contributed by atoms with Gasteiger partial charge in [0.1, 0.15) is 0 Å². The fourth-order valence-electron chi connectivity index (χ4n) is 3.22. The molecule has 0 spiro atoms. The summed E-state index contributed by atoms with van der Waals surface area (Å²) in [6, 6.07) is 12.0. The maximum absolute atomic E-state index is 12.1. The Morgan fingerprint density at radius 2 is 1.65 bits per heavy atom. The molecule has 0 unspecified atom stereocenters. The van der Waals surface area contributed by atoms with Crippen molar-refractivity contribution in [3.05, 3.63) is 58.7 Å². The zero-order valence-corrected chi connectivity index (χ0v) is 16.0. The predicted molar refractivity (Wildman–Crippen MR) is 109 cm³/mol. The van der Waals surface area contributed by atoms with E-state index in [0.717, 1.165) is 35.3 Å². The number of aryl methyl sites for hydroxylation is 4. The molecule has 0 fully saturated rings. The summed E-state index contributed by atoms with van der Waals surface area (Å²) >= 11 is 1.32. The highest BCUT2D eigenvalue weighted by Gasteiger charge is 2.12. The molecule has 2 aromatic carbocycles. The number of hydrogen-bond donors (Lipinski definition) is 2. The molecule has 5 heteroatoms. The second-order valence-electron chi connectivity index (χ2n) is 6.74. The van der Waals surface area contributed by atoms with Crippen molar-refractivity contribution in [2.45, 2.75) is 33.1 Å². The summed E-state index contributed by atoms with van der Waals surface area (Å²) in [5, 5.41) is 5.82. The Bertz CT molecular complexity index is 833. The zero-order valence-electron chi connectivity index (χ0n) is 15.2. The van der Waals surface area contributed by atoms with Gasteiger partial charge in [-0.15, -0.1) is 11.8 Å². The number of rotatable bonds is 6. The van der Waals surface area contributed by atoms with Crippen molar-refractivity contribution in [3.63, 3.8) is 0 Å². The Labute approximate surface area is 158 Å². The van der Waals surface area contributed by atoms with Crippen molar-refractivity contribution in [2.24, 2.45) is 0 Å². The van der Waals surface area contributed by atoms with E-state index < -0.39 is 0 Å². The molecule has 136 valence electrons. The first kappa shape index (κ1) is 18.5. The molecule has 0 radical (unpaired) electrons. The van der Waals surface area contributed by atoms with Gasteiger partial charge in [0.05, 0.1) is 11.5 Å². The maximum Gasteiger partial charge on any atom is 0.234 e. The number of amides is 2. The minimum absolute atomic E-state index is 0.0766. The lowest BCUT2D eigenvalue weighted by atomic mass is 10.1. The minimum Gasteiger partial charge on any atom is -0.325 e. The first-order valence-electron chi connectivity index (χ1n) is 8.88. The molecule has 1 aliphatic carbocycles. The van der Waals surface area contributed by atoms with E-state index in [9.17, 15) is 9.59 Å².